The predicted octanol–water partition coefficient (Wildman–Crippen LogP) is 2.15. The van der Waals surface area contributed by atoms with Crippen LogP contribution in [0.5, 0.6) is 5.75 Å². The van der Waals surface area contributed by atoms with Gasteiger partial charge < -0.3 is 38.6 Å². The van der Waals surface area contributed by atoms with E-state index in [2.05, 4.69) is 23.7 Å². The Hall–Kier alpha value is -4.40. The van der Waals surface area contributed by atoms with Crippen LogP contribution in [0.25, 0.3) is 10.8 Å². The van der Waals surface area contributed by atoms with E-state index in [9.17, 15) is 19.8 Å². The number of nitrogens with zero attached hydrogens (tertiary/aromatic N) is 1. The van der Waals surface area contributed by atoms with Crippen LogP contribution in [0.3, 0.4) is 0 Å². The van der Waals surface area contributed by atoms with Crippen molar-refractivity contribution in [2.24, 2.45) is 0 Å². The molecule has 248 valence electrons. The van der Waals surface area contributed by atoms with E-state index in [-0.39, 0.29) is 11.3 Å². The fraction of sp³-hybridized carbons (Fsp3) is 0.444. The number of hydrogen-bond donors (Lipinski definition) is 2. The van der Waals surface area contributed by atoms with Crippen molar-refractivity contribution in [1.82, 2.24) is 0 Å². The molecule has 6 aliphatic rings. The number of likely N-dealkylation sites (N-methyl/N-ethyl adjacent to an activating group) is 1. The SMILES string of the molecule is COc1cc(C)c2ccc(C)c(C(=O)O[C@@H]3C=C4C#C[C@]5(C6COC(=O)O6)O[C@@H]5C#CC=C4[C@H]3O[N+]3(C)C4OC(C)C(O)C(O)C43)c2c1. The number of benzene rings is 2. The average molecular weight is 657 g/mol. The third-order valence-corrected chi connectivity index (χ3v) is 10.2. The molecular weight excluding hydrogens is 622 g/mol. The standard InChI is InChI=1S/C36H34NO11/c1-17-9-10-22-18(2)13-21(42-5)15-24(22)28(17)34(40)45-25-14-20-11-12-36(27-16-43-35(41)46-27)26(47-36)8-6-7-23(20)32(25)48-37(4)29-31(39)30(38)19(3)44-33(29)37/h7,9-10,13-15,19,25-27,29-33,38-39H,16H2,1-5H3/q+1/t19?,25-,26-,27?,29?,30?,31?,32-,33?,36+,37?/m1/s1. The Labute approximate surface area is 276 Å². The summed E-state index contributed by atoms with van der Waals surface area (Å²) in [5, 5.41) is 23.0. The van der Waals surface area contributed by atoms with Gasteiger partial charge in [0.05, 0.1) is 18.8 Å². The largest absolute Gasteiger partial charge is 0.508 e. The smallest absolute Gasteiger partial charge is 0.497 e. The van der Waals surface area contributed by atoms with Gasteiger partial charge in [-0.15, -0.1) is 4.65 Å². The number of esters is 1. The summed E-state index contributed by atoms with van der Waals surface area (Å²) in [6, 6.07) is 7.00. The summed E-state index contributed by atoms with van der Waals surface area (Å²) in [5.41, 5.74) is 1.94. The molecule has 8 rings (SSSR count). The summed E-state index contributed by atoms with van der Waals surface area (Å²) < 4.78 is 33.7. The maximum atomic E-state index is 14.2. The molecule has 4 aliphatic heterocycles. The van der Waals surface area contributed by atoms with Gasteiger partial charge in [0.2, 0.25) is 11.6 Å². The van der Waals surface area contributed by atoms with Crippen LogP contribution < -0.4 is 4.74 Å². The van der Waals surface area contributed by atoms with Crippen molar-refractivity contribution >= 4 is 22.9 Å². The van der Waals surface area contributed by atoms with Crippen molar-refractivity contribution in [3.05, 3.63) is 64.3 Å². The lowest BCUT2D eigenvalue weighted by atomic mass is 9.96. The summed E-state index contributed by atoms with van der Waals surface area (Å²) in [6.07, 6.45) is -4.01. The van der Waals surface area contributed by atoms with Crippen LogP contribution in [0.4, 0.5) is 4.79 Å². The number of fused-ring (bicyclic) bond motifs is 4. The summed E-state index contributed by atoms with van der Waals surface area (Å²) in [4.78, 5) is 32.6. The van der Waals surface area contributed by atoms with E-state index in [1.165, 1.54) is 0 Å². The molecule has 0 saturated carbocycles. The molecule has 2 N–H and O–H groups in total. The van der Waals surface area contributed by atoms with Crippen molar-refractivity contribution < 1.29 is 57.7 Å². The van der Waals surface area contributed by atoms with E-state index < -0.39 is 72.7 Å². The van der Waals surface area contributed by atoms with Gasteiger partial charge in [-0.1, -0.05) is 35.8 Å². The molecule has 12 nitrogen and oxygen atoms in total. The zero-order chi connectivity index (χ0) is 33.7. The number of quaternary nitrogens is 1. The second-order valence-electron chi connectivity index (χ2n) is 13.1. The number of epoxide rings is 1. The minimum atomic E-state index is -1.16. The Balaban J connectivity index is 1.17. The van der Waals surface area contributed by atoms with Crippen molar-refractivity contribution in [2.45, 2.75) is 81.4 Å². The van der Waals surface area contributed by atoms with Crippen LogP contribution in [0.1, 0.15) is 28.4 Å². The maximum absolute atomic E-state index is 14.2. The minimum Gasteiger partial charge on any atom is -0.497 e. The van der Waals surface area contributed by atoms with E-state index >= 15 is 0 Å². The Morgan fingerprint density at radius 2 is 1.94 bits per heavy atom. The molecule has 11 atom stereocenters. The summed E-state index contributed by atoms with van der Waals surface area (Å²) in [6.45, 7) is 5.47. The number of aliphatic hydroxyl groups excluding tert-OH is 2. The molecule has 2 aromatic carbocycles. The first-order valence-electron chi connectivity index (χ1n) is 15.8. The first-order valence-corrected chi connectivity index (χ1v) is 15.8. The second-order valence-corrected chi connectivity index (χ2v) is 13.1. The number of hydroxylamine groups is 3. The Morgan fingerprint density at radius 3 is 2.69 bits per heavy atom. The molecule has 2 aliphatic carbocycles. The van der Waals surface area contributed by atoms with Crippen LogP contribution in [0.15, 0.2) is 47.6 Å². The third-order valence-electron chi connectivity index (χ3n) is 10.2. The number of aliphatic hydroxyl groups is 2. The monoisotopic (exact) mass is 656 g/mol. The molecule has 4 saturated heterocycles. The highest BCUT2D eigenvalue weighted by atomic mass is 16.8. The number of ether oxygens (including phenoxy) is 6. The van der Waals surface area contributed by atoms with Crippen molar-refractivity contribution in [1.29, 1.82) is 0 Å². The topological polar surface area (TPSA) is 143 Å². The van der Waals surface area contributed by atoms with E-state index in [1.54, 1.807) is 33.2 Å². The van der Waals surface area contributed by atoms with E-state index in [4.69, 9.17) is 33.3 Å². The molecule has 4 fully saturated rings. The molecule has 48 heavy (non-hydrogen) atoms. The van der Waals surface area contributed by atoms with Crippen LogP contribution in [0.2, 0.25) is 0 Å². The molecule has 0 spiro atoms. The highest BCUT2D eigenvalue weighted by Gasteiger charge is 2.77. The van der Waals surface area contributed by atoms with Gasteiger partial charge >= 0.3 is 12.1 Å². The number of methoxy groups -OCH3 is 1. The fourth-order valence-electron chi connectivity index (χ4n) is 7.30. The number of allylic oxidation sites excluding steroid dienone is 1. The molecule has 0 amide bonds. The van der Waals surface area contributed by atoms with Gasteiger partial charge in [0.15, 0.2) is 24.4 Å². The normalized spacial score (nSPS) is 38.4. The number of hydrogen-bond acceptors (Lipinski definition) is 11. The molecular formula is C36H34NO11+. The van der Waals surface area contributed by atoms with Crippen LogP contribution in [0, 0.1) is 37.5 Å². The van der Waals surface area contributed by atoms with E-state index in [0.29, 0.717) is 27.8 Å². The molecule has 7 unspecified atom stereocenters. The van der Waals surface area contributed by atoms with Gasteiger partial charge in [-0.3, -0.25) is 0 Å². The Kier molecular flexibility index (Phi) is 6.96. The van der Waals surface area contributed by atoms with Crippen LogP contribution in [-0.4, -0.2) is 108 Å². The molecule has 12 heteroatoms. The fourth-order valence-corrected chi connectivity index (χ4v) is 7.30. The average Bonchev–Trinajstić information content (AvgIpc) is 3.75. The zero-order valence-corrected chi connectivity index (χ0v) is 26.9. The van der Waals surface area contributed by atoms with Gasteiger partial charge in [-0.25, -0.2) is 9.59 Å². The van der Waals surface area contributed by atoms with Gasteiger partial charge in [-0.05, 0) is 61.6 Å². The Bertz CT molecular complexity index is 1960. The molecule has 0 radical (unpaired) electrons. The van der Waals surface area contributed by atoms with E-state index in [0.717, 1.165) is 16.5 Å². The molecule has 4 heterocycles. The van der Waals surface area contributed by atoms with Gasteiger partial charge in [-0.2, -0.15) is 4.84 Å². The maximum Gasteiger partial charge on any atom is 0.508 e. The number of cyclic esters (lactones) is 2. The lowest BCUT2D eigenvalue weighted by Crippen LogP contribution is -2.46. The minimum absolute atomic E-state index is 0.0170. The number of aryl methyl sites for hydroxylation is 2. The third kappa shape index (κ3) is 4.64. The van der Waals surface area contributed by atoms with Gasteiger partial charge in [0.1, 0.15) is 31.6 Å². The predicted molar refractivity (Wildman–Crippen MR) is 166 cm³/mol. The highest BCUT2D eigenvalue weighted by Crippen LogP contribution is 2.50. The summed E-state index contributed by atoms with van der Waals surface area (Å²) in [5.74, 6) is 12.4. The van der Waals surface area contributed by atoms with Crippen LogP contribution >= 0.6 is 0 Å². The highest BCUT2D eigenvalue weighted by molar-refractivity contribution is 6.07. The number of carbonyl (C=O) groups is 2. The number of carbonyl (C=O) groups excluding carboxylic acids is 2. The lowest BCUT2D eigenvalue weighted by Gasteiger charge is -2.25. The lowest BCUT2D eigenvalue weighted by molar-refractivity contribution is -1.02. The molecule has 0 bridgehead atoms. The van der Waals surface area contributed by atoms with Gasteiger partial charge in [0, 0.05) is 16.5 Å². The first kappa shape index (κ1) is 30.9. The second kappa shape index (κ2) is 10.8. The quantitative estimate of drug-likeness (QED) is 0.204. The van der Waals surface area contributed by atoms with Crippen molar-refractivity contribution in [3.8, 4) is 29.4 Å². The molecule has 0 aromatic heterocycles. The summed E-state index contributed by atoms with van der Waals surface area (Å²) >= 11 is 0. The van der Waals surface area contributed by atoms with Crippen molar-refractivity contribution in [2.75, 3.05) is 20.8 Å². The zero-order valence-electron chi connectivity index (χ0n) is 26.9. The van der Waals surface area contributed by atoms with Gasteiger partial charge in [0.25, 0.3) is 6.23 Å². The van der Waals surface area contributed by atoms with Crippen LogP contribution in [-0.2, 0) is 28.5 Å². The first-order chi connectivity index (χ1) is 22.9. The Morgan fingerprint density at radius 1 is 1.12 bits per heavy atom. The molecule has 2 aromatic rings. The van der Waals surface area contributed by atoms with Crippen molar-refractivity contribution in [3.63, 3.8) is 0 Å². The summed E-state index contributed by atoms with van der Waals surface area (Å²) in [7, 11) is 3.33. The van der Waals surface area contributed by atoms with E-state index in [1.807, 2.05) is 38.1 Å². The number of rotatable bonds is 6.